The summed E-state index contributed by atoms with van der Waals surface area (Å²) in [5.74, 6) is -5.16. The standard InChI is InChI=1S/C15H15Cl2NO5S/c16-7-2-1-5(3-8(7)17)24-4-6-12(19)9-10(13(20)21)11(9)15(6,18)14(22)23/h1-3,6,9-12,19H,4,18H2,(H,20,21)(H,22,23)/t6-,9+,10+,11+,12-,15+/m1/s1. The van der Waals surface area contributed by atoms with Crippen LogP contribution in [0.1, 0.15) is 0 Å². The second kappa shape index (κ2) is 6.07. The molecular weight excluding hydrogens is 377 g/mol. The molecule has 2 aliphatic rings. The van der Waals surface area contributed by atoms with Crippen molar-refractivity contribution in [3.05, 3.63) is 28.2 Å². The normalized spacial score (nSPS) is 37.1. The highest BCUT2D eigenvalue weighted by Crippen LogP contribution is 2.64. The van der Waals surface area contributed by atoms with Crippen LogP contribution in [0.3, 0.4) is 0 Å². The molecule has 0 aromatic heterocycles. The van der Waals surface area contributed by atoms with Crippen LogP contribution in [-0.2, 0) is 9.59 Å². The first kappa shape index (κ1) is 17.8. The molecule has 24 heavy (non-hydrogen) atoms. The van der Waals surface area contributed by atoms with Crippen molar-refractivity contribution in [1.82, 2.24) is 0 Å². The highest BCUT2D eigenvalue weighted by atomic mass is 35.5. The number of aliphatic hydroxyl groups is 1. The van der Waals surface area contributed by atoms with Crippen LogP contribution in [0.4, 0.5) is 0 Å². The Balaban J connectivity index is 1.79. The molecule has 0 saturated heterocycles. The van der Waals surface area contributed by atoms with E-state index in [4.69, 9.17) is 34.0 Å². The first-order valence-electron chi connectivity index (χ1n) is 7.20. The van der Waals surface area contributed by atoms with E-state index in [1.54, 1.807) is 18.2 Å². The quantitative estimate of drug-likeness (QED) is 0.564. The van der Waals surface area contributed by atoms with Gasteiger partial charge in [0, 0.05) is 28.4 Å². The Bertz CT molecular complexity index is 717. The molecule has 0 aliphatic heterocycles. The minimum Gasteiger partial charge on any atom is -0.481 e. The van der Waals surface area contributed by atoms with E-state index in [1.807, 2.05) is 0 Å². The third kappa shape index (κ3) is 2.59. The van der Waals surface area contributed by atoms with Crippen molar-refractivity contribution in [3.63, 3.8) is 0 Å². The fourth-order valence-corrected chi connectivity index (χ4v) is 5.35. The van der Waals surface area contributed by atoms with E-state index >= 15 is 0 Å². The van der Waals surface area contributed by atoms with E-state index in [1.165, 1.54) is 11.8 Å². The van der Waals surface area contributed by atoms with Crippen LogP contribution in [0.2, 0.25) is 10.0 Å². The number of aliphatic carboxylic acids is 2. The summed E-state index contributed by atoms with van der Waals surface area (Å²) in [4.78, 5) is 23.7. The molecule has 0 radical (unpaired) electrons. The minimum atomic E-state index is -1.75. The van der Waals surface area contributed by atoms with E-state index in [0.29, 0.717) is 10.0 Å². The zero-order valence-electron chi connectivity index (χ0n) is 12.2. The third-order valence-electron chi connectivity index (χ3n) is 5.02. The van der Waals surface area contributed by atoms with Gasteiger partial charge in [0.25, 0.3) is 0 Å². The van der Waals surface area contributed by atoms with Crippen LogP contribution in [-0.4, -0.2) is 44.7 Å². The van der Waals surface area contributed by atoms with Gasteiger partial charge in [-0.15, -0.1) is 11.8 Å². The van der Waals surface area contributed by atoms with Crippen molar-refractivity contribution >= 4 is 46.9 Å². The van der Waals surface area contributed by atoms with Gasteiger partial charge in [0.1, 0.15) is 5.54 Å². The highest BCUT2D eigenvalue weighted by Gasteiger charge is 2.77. The molecule has 2 fully saturated rings. The lowest BCUT2D eigenvalue weighted by Crippen LogP contribution is -2.58. The van der Waals surface area contributed by atoms with Crippen LogP contribution < -0.4 is 5.73 Å². The number of thioether (sulfide) groups is 1. The Kier molecular flexibility index (Phi) is 4.51. The molecule has 0 amide bonds. The molecule has 0 bridgehead atoms. The second-order valence-electron chi connectivity index (χ2n) is 6.19. The molecule has 5 N–H and O–H groups in total. The van der Waals surface area contributed by atoms with Gasteiger partial charge in [-0.05, 0) is 18.2 Å². The number of hydrogen-bond acceptors (Lipinski definition) is 5. The van der Waals surface area contributed by atoms with Gasteiger partial charge in [-0.25, -0.2) is 0 Å². The average molecular weight is 392 g/mol. The van der Waals surface area contributed by atoms with Gasteiger partial charge in [-0.1, -0.05) is 23.2 Å². The first-order chi connectivity index (χ1) is 11.2. The molecule has 130 valence electrons. The molecule has 6 atom stereocenters. The molecule has 0 heterocycles. The van der Waals surface area contributed by atoms with Gasteiger partial charge in [-0.2, -0.15) is 0 Å². The second-order valence-corrected chi connectivity index (χ2v) is 8.10. The van der Waals surface area contributed by atoms with Crippen molar-refractivity contribution in [2.75, 3.05) is 5.75 Å². The zero-order chi connectivity index (χ0) is 17.8. The maximum Gasteiger partial charge on any atom is 0.324 e. The number of halogens is 2. The van der Waals surface area contributed by atoms with Gasteiger partial charge in [0.05, 0.1) is 22.1 Å². The zero-order valence-corrected chi connectivity index (χ0v) is 14.6. The molecule has 0 unspecified atom stereocenters. The summed E-state index contributed by atoms with van der Waals surface area (Å²) in [6.45, 7) is 0. The first-order valence-corrected chi connectivity index (χ1v) is 8.94. The molecule has 6 nitrogen and oxygen atoms in total. The van der Waals surface area contributed by atoms with Gasteiger partial charge in [0.2, 0.25) is 0 Å². The van der Waals surface area contributed by atoms with Crippen molar-refractivity contribution in [1.29, 1.82) is 0 Å². The number of nitrogens with two attached hydrogens (primary N) is 1. The lowest BCUT2D eigenvalue weighted by molar-refractivity contribution is -0.148. The molecule has 2 aliphatic carbocycles. The van der Waals surface area contributed by atoms with E-state index in [9.17, 15) is 19.8 Å². The monoisotopic (exact) mass is 391 g/mol. The summed E-state index contributed by atoms with van der Waals surface area (Å²) in [6, 6.07) is 5.01. The van der Waals surface area contributed by atoms with Gasteiger partial charge >= 0.3 is 11.9 Å². The van der Waals surface area contributed by atoms with Gasteiger partial charge in [0.15, 0.2) is 0 Å². The number of carbonyl (C=O) groups is 2. The minimum absolute atomic E-state index is 0.237. The number of carboxylic acid groups (broad SMARTS) is 2. The SMILES string of the molecule is N[C@]1(C(=O)O)[C@@H]2[C@@H](C(=O)O)[C@@H]2[C@H](O)[C@H]1CSc1ccc(Cl)c(Cl)c1. The smallest absolute Gasteiger partial charge is 0.324 e. The summed E-state index contributed by atoms with van der Waals surface area (Å²) in [5, 5.41) is 29.9. The van der Waals surface area contributed by atoms with E-state index < -0.39 is 47.3 Å². The Labute approximate surface area is 151 Å². The maximum atomic E-state index is 11.7. The lowest BCUT2D eigenvalue weighted by Gasteiger charge is -2.32. The van der Waals surface area contributed by atoms with Crippen LogP contribution in [0, 0.1) is 23.7 Å². The predicted molar refractivity (Wildman–Crippen MR) is 89.3 cm³/mol. The molecule has 0 spiro atoms. The van der Waals surface area contributed by atoms with Crippen molar-refractivity contribution in [2.45, 2.75) is 16.5 Å². The molecular formula is C15H15Cl2NO5S. The Hall–Kier alpha value is -0.990. The third-order valence-corrected chi connectivity index (χ3v) is 6.88. The summed E-state index contributed by atoms with van der Waals surface area (Å²) in [6.07, 6.45) is -1.06. The number of benzene rings is 1. The van der Waals surface area contributed by atoms with Crippen molar-refractivity contribution < 1.29 is 24.9 Å². The fraction of sp³-hybridized carbons (Fsp3) is 0.467. The summed E-state index contributed by atoms with van der Waals surface area (Å²) >= 11 is 13.1. The Morgan fingerprint density at radius 2 is 1.92 bits per heavy atom. The summed E-state index contributed by atoms with van der Waals surface area (Å²) in [7, 11) is 0. The van der Waals surface area contributed by atoms with E-state index in [0.717, 1.165) is 4.90 Å². The van der Waals surface area contributed by atoms with Gasteiger partial charge < -0.3 is 21.1 Å². The van der Waals surface area contributed by atoms with Crippen LogP contribution in [0.25, 0.3) is 0 Å². The predicted octanol–water partition coefficient (Wildman–Crippen LogP) is 1.81. The largest absolute Gasteiger partial charge is 0.481 e. The molecule has 3 rings (SSSR count). The number of hydrogen-bond donors (Lipinski definition) is 4. The number of carboxylic acids is 2. The van der Waals surface area contributed by atoms with Gasteiger partial charge in [-0.3, -0.25) is 9.59 Å². The van der Waals surface area contributed by atoms with Crippen molar-refractivity contribution in [2.24, 2.45) is 29.4 Å². The number of aliphatic hydroxyl groups excluding tert-OH is 1. The fourth-order valence-electron chi connectivity index (χ4n) is 3.78. The lowest BCUT2D eigenvalue weighted by atomic mass is 9.81. The Morgan fingerprint density at radius 3 is 2.46 bits per heavy atom. The maximum absolute atomic E-state index is 11.7. The van der Waals surface area contributed by atoms with Crippen LogP contribution in [0.15, 0.2) is 23.1 Å². The van der Waals surface area contributed by atoms with Crippen LogP contribution in [0.5, 0.6) is 0 Å². The van der Waals surface area contributed by atoms with Crippen LogP contribution >= 0.6 is 35.0 Å². The molecule has 9 heteroatoms. The Morgan fingerprint density at radius 1 is 1.25 bits per heavy atom. The summed E-state index contributed by atoms with van der Waals surface area (Å²) < 4.78 is 0. The molecule has 2 saturated carbocycles. The topological polar surface area (TPSA) is 121 Å². The highest BCUT2D eigenvalue weighted by molar-refractivity contribution is 7.99. The number of fused-ring (bicyclic) bond motifs is 1. The van der Waals surface area contributed by atoms with Crippen molar-refractivity contribution in [3.8, 4) is 0 Å². The molecule has 1 aromatic carbocycles. The molecule has 1 aromatic rings. The average Bonchev–Trinajstić information content (AvgIpc) is 3.21. The van der Waals surface area contributed by atoms with E-state index in [-0.39, 0.29) is 5.75 Å². The summed E-state index contributed by atoms with van der Waals surface area (Å²) in [5.41, 5.74) is 4.33. The number of rotatable bonds is 5. The van der Waals surface area contributed by atoms with E-state index in [2.05, 4.69) is 0 Å².